The number of amides is 1. The van der Waals surface area contributed by atoms with Crippen molar-refractivity contribution < 1.29 is 13.6 Å². The number of carbonyl (C=O) groups is 1. The van der Waals surface area contributed by atoms with Crippen LogP contribution in [0.3, 0.4) is 0 Å². The summed E-state index contributed by atoms with van der Waals surface area (Å²) >= 11 is 12.7. The van der Waals surface area contributed by atoms with E-state index in [9.17, 15) is 13.6 Å². The molecule has 0 bridgehead atoms. The maximum atomic E-state index is 14.4. The Morgan fingerprint density at radius 1 is 0.974 bits per heavy atom. The molecule has 1 aromatic heterocycles. The molecule has 1 aliphatic heterocycles. The van der Waals surface area contributed by atoms with Gasteiger partial charge in [0.25, 0.3) is 0 Å². The Bertz CT molecular complexity index is 1490. The Labute approximate surface area is 228 Å². The minimum Gasteiger partial charge on any atom is -0.369 e. The number of anilines is 1. The molecule has 0 atom stereocenters. The predicted octanol–water partition coefficient (Wildman–Crippen LogP) is 6.04. The average Bonchev–Trinajstić information content (AvgIpc) is 2.90. The zero-order chi connectivity index (χ0) is 26.8. The number of halogens is 4. The highest BCUT2D eigenvalue weighted by molar-refractivity contribution is 6.35. The smallest absolute Gasteiger partial charge is 0.248 e. The molecule has 0 spiro atoms. The second-order valence-corrected chi connectivity index (χ2v) is 10.2. The molecule has 1 fully saturated rings. The van der Waals surface area contributed by atoms with Crippen LogP contribution in [0.5, 0.6) is 0 Å². The van der Waals surface area contributed by atoms with Gasteiger partial charge in [0.1, 0.15) is 18.2 Å². The minimum atomic E-state index is -0.706. The average molecular weight is 556 g/mol. The van der Waals surface area contributed by atoms with Gasteiger partial charge in [0.2, 0.25) is 5.91 Å². The number of nitrogens with one attached hydrogen (secondary N) is 1. The number of nitrogens with two attached hydrogens (primary N) is 1. The normalized spacial score (nSPS) is 14.3. The number of fused-ring (bicyclic) bond motifs is 1. The van der Waals surface area contributed by atoms with Crippen molar-refractivity contribution in [2.45, 2.75) is 18.9 Å². The van der Waals surface area contributed by atoms with Crippen molar-refractivity contribution in [3.8, 4) is 22.4 Å². The first-order valence-electron chi connectivity index (χ1n) is 12.2. The summed E-state index contributed by atoms with van der Waals surface area (Å²) < 4.78 is 27.0. The lowest BCUT2D eigenvalue weighted by Gasteiger charge is -2.35. The van der Waals surface area contributed by atoms with Crippen molar-refractivity contribution in [2.75, 3.05) is 31.2 Å². The second-order valence-electron chi connectivity index (χ2n) is 9.28. The summed E-state index contributed by atoms with van der Waals surface area (Å²) in [6.07, 6.45) is 1.65. The number of alkyl halides is 1. The molecule has 0 aliphatic carbocycles. The van der Waals surface area contributed by atoms with Gasteiger partial charge in [0, 0.05) is 52.2 Å². The van der Waals surface area contributed by atoms with Crippen molar-refractivity contribution in [1.29, 1.82) is 0 Å². The summed E-state index contributed by atoms with van der Waals surface area (Å²) in [6, 6.07) is 15.1. The van der Waals surface area contributed by atoms with Crippen molar-refractivity contribution >= 4 is 45.7 Å². The maximum absolute atomic E-state index is 14.4. The molecule has 0 radical (unpaired) electrons. The third-order valence-corrected chi connectivity index (χ3v) is 7.16. The monoisotopic (exact) mass is 555 g/mol. The van der Waals surface area contributed by atoms with Crippen LogP contribution in [-0.4, -0.2) is 48.5 Å². The molecule has 196 valence electrons. The lowest BCUT2D eigenvalue weighted by molar-refractivity contribution is 0.1000. The number of hydrogen-bond donors (Lipinski definition) is 2. The number of benzene rings is 3. The van der Waals surface area contributed by atoms with Gasteiger partial charge < -0.3 is 16.0 Å². The predicted molar refractivity (Wildman–Crippen MR) is 148 cm³/mol. The summed E-state index contributed by atoms with van der Waals surface area (Å²) in [4.78, 5) is 14.0. The molecule has 0 unspecified atom stereocenters. The van der Waals surface area contributed by atoms with Gasteiger partial charge in [-0.2, -0.15) is 0 Å². The molecule has 1 saturated heterocycles. The Balaban J connectivity index is 1.66. The van der Waals surface area contributed by atoms with Gasteiger partial charge in [-0.15, -0.1) is 10.2 Å². The Kier molecular flexibility index (Phi) is 7.74. The first kappa shape index (κ1) is 26.3. The van der Waals surface area contributed by atoms with Gasteiger partial charge in [0.15, 0.2) is 0 Å². The minimum absolute atomic E-state index is 0.0882. The second kappa shape index (κ2) is 11.2. The van der Waals surface area contributed by atoms with Crippen LogP contribution in [0.4, 0.5) is 14.5 Å². The highest BCUT2D eigenvalue weighted by Gasteiger charge is 2.25. The van der Waals surface area contributed by atoms with Crippen molar-refractivity contribution in [3.63, 3.8) is 0 Å². The quantitative estimate of drug-likeness (QED) is 0.290. The number of aromatic nitrogens is 2. The van der Waals surface area contributed by atoms with E-state index in [1.54, 1.807) is 24.3 Å². The number of nitrogens with zero attached hydrogens (tertiary/aromatic N) is 3. The third-order valence-electron chi connectivity index (χ3n) is 6.72. The lowest BCUT2D eigenvalue weighted by Crippen LogP contribution is -2.43. The number of carbonyl (C=O) groups excluding carboxylic acids is 1. The van der Waals surface area contributed by atoms with E-state index in [2.05, 4.69) is 20.4 Å². The first-order chi connectivity index (χ1) is 18.3. The van der Waals surface area contributed by atoms with Crippen LogP contribution in [0.25, 0.3) is 33.3 Å². The van der Waals surface area contributed by atoms with E-state index in [1.165, 1.54) is 6.07 Å². The molecule has 0 saturated carbocycles. The topological polar surface area (TPSA) is 84.1 Å². The Morgan fingerprint density at radius 3 is 2.39 bits per heavy atom. The van der Waals surface area contributed by atoms with Gasteiger partial charge in [-0.25, -0.2) is 8.78 Å². The summed E-state index contributed by atoms with van der Waals surface area (Å²) in [6.45, 7) is 1.35. The fourth-order valence-corrected chi connectivity index (χ4v) is 5.47. The third kappa shape index (κ3) is 5.57. The van der Waals surface area contributed by atoms with Crippen LogP contribution in [0.15, 0.2) is 54.6 Å². The van der Waals surface area contributed by atoms with Crippen molar-refractivity contribution in [3.05, 3.63) is 76.0 Å². The molecule has 6 nitrogen and oxygen atoms in total. The Morgan fingerprint density at radius 2 is 1.71 bits per heavy atom. The van der Waals surface area contributed by atoms with Crippen LogP contribution in [0.1, 0.15) is 23.2 Å². The Hall–Kier alpha value is -3.33. The zero-order valence-corrected chi connectivity index (χ0v) is 21.9. The molecule has 10 heteroatoms. The molecule has 38 heavy (non-hydrogen) atoms. The van der Waals surface area contributed by atoms with Crippen molar-refractivity contribution in [1.82, 2.24) is 15.5 Å². The molecule has 1 amide bonds. The van der Waals surface area contributed by atoms with Crippen LogP contribution in [-0.2, 0) is 0 Å². The molecule has 3 N–H and O–H groups in total. The van der Waals surface area contributed by atoms with E-state index in [0.29, 0.717) is 52.0 Å². The van der Waals surface area contributed by atoms with Gasteiger partial charge in [0.05, 0.1) is 11.2 Å². The van der Waals surface area contributed by atoms with Crippen LogP contribution >= 0.6 is 23.2 Å². The fraction of sp³-hybridized carbons (Fsp3) is 0.250. The molecular formula is C28H25Cl2F2N5O. The summed E-state index contributed by atoms with van der Waals surface area (Å²) in [5.74, 6) is -1.26. The van der Waals surface area contributed by atoms with E-state index >= 15 is 0 Å². The van der Waals surface area contributed by atoms with E-state index in [1.807, 2.05) is 18.2 Å². The number of primary amides is 1. The first-order valence-corrected chi connectivity index (χ1v) is 13.0. The highest BCUT2D eigenvalue weighted by atomic mass is 35.5. The molecule has 1 aliphatic rings. The van der Waals surface area contributed by atoms with Gasteiger partial charge in [-0.3, -0.25) is 4.79 Å². The van der Waals surface area contributed by atoms with Gasteiger partial charge in [-0.1, -0.05) is 29.3 Å². The summed E-state index contributed by atoms with van der Waals surface area (Å²) in [5.41, 5.74) is 9.56. The van der Waals surface area contributed by atoms with Crippen molar-refractivity contribution in [2.24, 2.45) is 5.73 Å². The molecule has 5 rings (SSSR count). The van der Waals surface area contributed by atoms with Crippen LogP contribution in [0.2, 0.25) is 10.0 Å². The standard InChI is InChI=1S/C28H25Cl2F2N5O/c29-20-10-18(11-21(30)15-20)26-27(37-7-3-23(4-8-37)34-6-5-31)24-14-16(1-2-25(24)35-36-26)17-9-19(28(33)38)13-22(32)12-17/h1-2,9-15,23,34H,3-8H2,(H2,33,38). The van der Waals surface area contributed by atoms with Crippen LogP contribution in [0, 0.1) is 5.82 Å². The maximum Gasteiger partial charge on any atom is 0.248 e. The molecule has 4 aromatic rings. The largest absolute Gasteiger partial charge is 0.369 e. The van der Waals surface area contributed by atoms with E-state index < -0.39 is 18.4 Å². The lowest BCUT2D eigenvalue weighted by atomic mass is 9.97. The zero-order valence-electron chi connectivity index (χ0n) is 20.4. The molecular weight excluding hydrogens is 531 g/mol. The van der Waals surface area contributed by atoms with E-state index in [0.717, 1.165) is 35.5 Å². The molecule has 3 aromatic carbocycles. The number of rotatable bonds is 7. The molecule has 2 heterocycles. The number of piperidine rings is 1. The highest BCUT2D eigenvalue weighted by Crippen LogP contribution is 2.39. The number of hydrogen-bond acceptors (Lipinski definition) is 5. The van der Waals surface area contributed by atoms with E-state index in [4.69, 9.17) is 28.9 Å². The van der Waals surface area contributed by atoms with Gasteiger partial charge in [-0.05, 0) is 72.5 Å². The fourth-order valence-electron chi connectivity index (χ4n) is 4.94. The van der Waals surface area contributed by atoms with E-state index in [-0.39, 0.29) is 11.6 Å². The summed E-state index contributed by atoms with van der Waals surface area (Å²) in [5, 5.41) is 14.0. The SMILES string of the molecule is NC(=O)c1cc(F)cc(-c2ccc3nnc(-c4cc(Cl)cc(Cl)c4)c(N4CCC(NCCF)CC4)c3c2)c1. The van der Waals surface area contributed by atoms with Gasteiger partial charge >= 0.3 is 0 Å². The summed E-state index contributed by atoms with van der Waals surface area (Å²) in [7, 11) is 0. The van der Waals surface area contributed by atoms with Crippen LogP contribution < -0.4 is 16.0 Å².